The maximum absolute atomic E-state index is 12.7. The van der Waals surface area contributed by atoms with Crippen LogP contribution in [-0.2, 0) is 19.6 Å². The zero-order valence-corrected chi connectivity index (χ0v) is 18.0. The van der Waals surface area contributed by atoms with Crippen molar-refractivity contribution in [1.29, 1.82) is 5.26 Å². The van der Waals surface area contributed by atoms with Crippen molar-refractivity contribution >= 4 is 33.3 Å². The van der Waals surface area contributed by atoms with E-state index in [1.807, 2.05) is 13.0 Å². The van der Waals surface area contributed by atoms with E-state index in [9.17, 15) is 18.0 Å². The molecule has 164 valence electrons. The number of nitrogens with one attached hydrogen (secondary N) is 1. The smallest absolute Gasteiger partial charge is 0.338 e. The Morgan fingerprint density at radius 2 is 1.87 bits per heavy atom. The van der Waals surface area contributed by atoms with Crippen LogP contribution in [0.1, 0.15) is 23.7 Å². The van der Waals surface area contributed by atoms with Crippen LogP contribution in [-0.4, -0.2) is 46.3 Å². The van der Waals surface area contributed by atoms with Gasteiger partial charge in [0.15, 0.2) is 6.61 Å². The van der Waals surface area contributed by atoms with Crippen LogP contribution < -0.4 is 14.4 Å². The molecule has 2 aromatic rings. The lowest BCUT2D eigenvalue weighted by molar-refractivity contribution is -0.121. The number of ether oxygens (including phenoxy) is 2. The molecule has 1 amide bonds. The maximum Gasteiger partial charge on any atom is 0.338 e. The van der Waals surface area contributed by atoms with E-state index in [0.717, 1.165) is 6.26 Å². The van der Waals surface area contributed by atoms with Crippen molar-refractivity contribution in [2.75, 3.05) is 35.6 Å². The van der Waals surface area contributed by atoms with Crippen LogP contribution in [0.25, 0.3) is 0 Å². The Kier molecular flexibility index (Phi) is 8.40. The first-order chi connectivity index (χ1) is 14.7. The second kappa shape index (κ2) is 11.0. The number of nitrogens with zero attached hydrogens (tertiary/aromatic N) is 2. The number of benzene rings is 2. The van der Waals surface area contributed by atoms with E-state index < -0.39 is 28.5 Å². The zero-order chi connectivity index (χ0) is 22.9. The van der Waals surface area contributed by atoms with Crippen LogP contribution in [0, 0.1) is 11.3 Å². The summed E-state index contributed by atoms with van der Waals surface area (Å²) in [6.07, 6.45) is 1.10. The van der Waals surface area contributed by atoms with Crippen LogP contribution in [0.5, 0.6) is 5.75 Å². The first-order valence-corrected chi connectivity index (χ1v) is 11.3. The molecule has 1 N–H and O–H groups in total. The highest BCUT2D eigenvalue weighted by atomic mass is 32.2. The number of hydrogen-bond acceptors (Lipinski definition) is 7. The molecule has 0 atom stereocenters. The molecule has 31 heavy (non-hydrogen) atoms. The number of rotatable bonds is 10. The van der Waals surface area contributed by atoms with Crippen molar-refractivity contribution in [3.63, 3.8) is 0 Å². The molecular formula is C21H23N3O6S. The van der Waals surface area contributed by atoms with Gasteiger partial charge in [-0.2, -0.15) is 5.26 Å². The normalized spacial score (nSPS) is 10.6. The van der Waals surface area contributed by atoms with Crippen LogP contribution >= 0.6 is 0 Å². The number of anilines is 2. The second-order valence-electron chi connectivity index (χ2n) is 6.41. The van der Waals surface area contributed by atoms with E-state index in [1.165, 1.54) is 29.2 Å². The molecular weight excluding hydrogens is 422 g/mol. The van der Waals surface area contributed by atoms with Gasteiger partial charge in [-0.25, -0.2) is 13.2 Å². The standard InChI is InChI=1S/C21H23N3O6S/c1-3-29-19-10-8-18(9-11-19)24(13-5-12-22)20(25)15-30-21(26)16-6-4-7-17(14-16)23-31(2,27)28/h4,6-11,14,23H,3,5,13,15H2,1-2H3. The third-order valence-electron chi connectivity index (χ3n) is 3.94. The monoisotopic (exact) mass is 445 g/mol. The molecule has 0 saturated carbocycles. The SMILES string of the molecule is CCOc1ccc(N(CCC#N)C(=O)COC(=O)c2cccc(NS(C)(=O)=O)c2)cc1. The molecule has 0 spiro atoms. The van der Waals surface area contributed by atoms with Crippen molar-refractivity contribution < 1.29 is 27.5 Å². The van der Waals surface area contributed by atoms with Crippen molar-refractivity contribution in [3.8, 4) is 11.8 Å². The van der Waals surface area contributed by atoms with E-state index in [2.05, 4.69) is 4.72 Å². The molecule has 0 fully saturated rings. The predicted molar refractivity (Wildman–Crippen MR) is 115 cm³/mol. The number of carbonyl (C=O) groups excluding carboxylic acids is 2. The first kappa shape index (κ1) is 23.7. The number of esters is 1. The molecule has 0 aliphatic carbocycles. The first-order valence-electron chi connectivity index (χ1n) is 9.38. The summed E-state index contributed by atoms with van der Waals surface area (Å²) in [6.45, 7) is 1.96. The topological polar surface area (TPSA) is 126 Å². The van der Waals surface area contributed by atoms with Crippen molar-refractivity contribution in [2.45, 2.75) is 13.3 Å². The van der Waals surface area contributed by atoms with E-state index >= 15 is 0 Å². The van der Waals surface area contributed by atoms with Gasteiger partial charge in [0.25, 0.3) is 5.91 Å². The molecule has 0 radical (unpaired) electrons. The van der Waals surface area contributed by atoms with Gasteiger partial charge in [0.2, 0.25) is 10.0 Å². The highest BCUT2D eigenvalue weighted by Crippen LogP contribution is 2.20. The fraction of sp³-hybridized carbons (Fsp3) is 0.286. The van der Waals surface area contributed by atoms with Crippen molar-refractivity contribution in [2.24, 2.45) is 0 Å². The number of amides is 1. The molecule has 0 saturated heterocycles. The fourth-order valence-corrected chi connectivity index (χ4v) is 3.22. The third kappa shape index (κ3) is 7.64. The molecule has 0 unspecified atom stereocenters. The minimum absolute atomic E-state index is 0.0890. The molecule has 0 aromatic heterocycles. The van der Waals surface area contributed by atoms with E-state index in [-0.39, 0.29) is 24.2 Å². The van der Waals surface area contributed by atoms with Gasteiger partial charge in [0.05, 0.1) is 30.9 Å². The molecule has 0 heterocycles. The number of carbonyl (C=O) groups is 2. The Morgan fingerprint density at radius 1 is 1.16 bits per heavy atom. The molecule has 10 heteroatoms. The Balaban J connectivity index is 2.07. The van der Waals surface area contributed by atoms with Gasteiger partial charge in [-0.1, -0.05) is 6.07 Å². The van der Waals surface area contributed by atoms with Gasteiger partial charge >= 0.3 is 5.97 Å². The number of nitriles is 1. The van der Waals surface area contributed by atoms with Crippen LogP contribution in [0.4, 0.5) is 11.4 Å². The fourth-order valence-electron chi connectivity index (χ4n) is 2.66. The van der Waals surface area contributed by atoms with Crippen LogP contribution in [0.15, 0.2) is 48.5 Å². The Morgan fingerprint density at radius 3 is 2.48 bits per heavy atom. The summed E-state index contributed by atoms with van der Waals surface area (Å²) in [5, 5.41) is 8.89. The van der Waals surface area contributed by atoms with Gasteiger partial charge in [-0.3, -0.25) is 9.52 Å². The number of hydrogen-bond donors (Lipinski definition) is 1. The van der Waals surface area contributed by atoms with Gasteiger partial charge < -0.3 is 14.4 Å². The van der Waals surface area contributed by atoms with Crippen LogP contribution in [0.3, 0.4) is 0 Å². The maximum atomic E-state index is 12.7. The minimum atomic E-state index is -3.50. The summed E-state index contributed by atoms with van der Waals surface area (Å²) >= 11 is 0. The van der Waals surface area contributed by atoms with Gasteiger partial charge in [-0.05, 0) is 49.4 Å². The average molecular weight is 445 g/mol. The zero-order valence-electron chi connectivity index (χ0n) is 17.2. The number of sulfonamides is 1. The summed E-state index contributed by atoms with van der Waals surface area (Å²) in [4.78, 5) is 26.3. The predicted octanol–water partition coefficient (Wildman–Crippen LogP) is 2.56. The molecule has 2 aromatic carbocycles. The summed E-state index contributed by atoms with van der Waals surface area (Å²) in [6, 6.07) is 14.5. The van der Waals surface area contributed by atoms with Crippen molar-refractivity contribution in [3.05, 3.63) is 54.1 Å². The summed E-state index contributed by atoms with van der Waals surface area (Å²) < 4.78 is 35.4. The highest BCUT2D eigenvalue weighted by molar-refractivity contribution is 7.92. The van der Waals surface area contributed by atoms with Crippen molar-refractivity contribution in [1.82, 2.24) is 0 Å². The van der Waals surface area contributed by atoms with Crippen LogP contribution in [0.2, 0.25) is 0 Å². The summed E-state index contributed by atoms with van der Waals surface area (Å²) in [5.41, 5.74) is 0.832. The Labute approximate surface area is 181 Å². The second-order valence-corrected chi connectivity index (χ2v) is 8.16. The lowest BCUT2D eigenvalue weighted by atomic mass is 10.2. The lowest BCUT2D eigenvalue weighted by Crippen LogP contribution is -2.35. The Bertz CT molecular complexity index is 1060. The molecule has 9 nitrogen and oxygen atoms in total. The highest BCUT2D eigenvalue weighted by Gasteiger charge is 2.19. The van der Waals surface area contributed by atoms with E-state index in [0.29, 0.717) is 18.0 Å². The minimum Gasteiger partial charge on any atom is -0.494 e. The quantitative estimate of drug-likeness (QED) is 0.557. The summed E-state index contributed by atoms with van der Waals surface area (Å²) in [7, 11) is -3.50. The summed E-state index contributed by atoms with van der Waals surface area (Å²) in [5.74, 6) is -0.636. The average Bonchev–Trinajstić information content (AvgIpc) is 2.72. The van der Waals surface area contributed by atoms with Gasteiger partial charge in [0, 0.05) is 17.9 Å². The largest absolute Gasteiger partial charge is 0.494 e. The van der Waals surface area contributed by atoms with Gasteiger partial charge in [-0.15, -0.1) is 0 Å². The third-order valence-corrected chi connectivity index (χ3v) is 4.54. The Hall–Kier alpha value is -3.58. The lowest BCUT2D eigenvalue weighted by Gasteiger charge is -2.22. The molecule has 0 bridgehead atoms. The molecule has 0 aliphatic rings. The van der Waals surface area contributed by atoms with Gasteiger partial charge in [0.1, 0.15) is 5.75 Å². The van der Waals surface area contributed by atoms with E-state index in [1.54, 1.807) is 24.3 Å². The van der Waals surface area contributed by atoms with E-state index in [4.69, 9.17) is 14.7 Å². The molecule has 2 rings (SSSR count). The molecule has 0 aliphatic heterocycles.